The highest BCUT2D eigenvalue weighted by Gasteiger charge is 2.41. The van der Waals surface area contributed by atoms with E-state index in [9.17, 15) is 8.42 Å². The van der Waals surface area contributed by atoms with Gasteiger partial charge < -0.3 is 5.73 Å². The molecule has 0 radical (unpaired) electrons. The van der Waals surface area contributed by atoms with E-state index < -0.39 is 15.6 Å². The first-order chi connectivity index (χ1) is 9.68. The first-order valence-electron chi connectivity index (χ1n) is 7.08. The third kappa shape index (κ3) is 2.96. The van der Waals surface area contributed by atoms with Crippen LogP contribution in [0.3, 0.4) is 0 Å². The van der Waals surface area contributed by atoms with Crippen molar-refractivity contribution < 1.29 is 8.42 Å². The molecule has 118 valence electrons. The fourth-order valence-corrected chi connectivity index (χ4v) is 4.74. The van der Waals surface area contributed by atoms with Crippen molar-refractivity contribution in [1.29, 1.82) is 5.41 Å². The SMILES string of the molecule is Cc1n[nH]c(C)c1S(=O)(=O)NC1(C(=N)N)CCC(C)CC1. The quantitative estimate of drug-likeness (QED) is 0.492. The Morgan fingerprint density at radius 1 is 1.43 bits per heavy atom. The number of H-pyrrole nitrogens is 1. The van der Waals surface area contributed by atoms with Gasteiger partial charge in [0.2, 0.25) is 10.0 Å². The molecular weight excluding hydrogens is 290 g/mol. The van der Waals surface area contributed by atoms with E-state index in [0.717, 1.165) is 12.8 Å². The highest BCUT2D eigenvalue weighted by molar-refractivity contribution is 7.89. The van der Waals surface area contributed by atoms with Gasteiger partial charge in [-0.3, -0.25) is 10.5 Å². The number of sulfonamides is 1. The molecule has 0 bridgehead atoms. The maximum atomic E-state index is 12.7. The van der Waals surface area contributed by atoms with Crippen molar-refractivity contribution in [3.63, 3.8) is 0 Å². The van der Waals surface area contributed by atoms with Gasteiger partial charge in [0.15, 0.2) is 0 Å². The first-order valence-corrected chi connectivity index (χ1v) is 8.56. The van der Waals surface area contributed by atoms with Crippen LogP contribution in [0.25, 0.3) is 0 Å². The molecule has 0 aliphatic heterocycles. The Morgan fingerprint density at radius 3 is 2.43 bits per heavy atom. The van der Waals surface area contributed by atoms with E-state index in [1.807, 2.05) is 0 Å². The number of nitrogens with one attached hydrogen (secondary N) is 3. The monoisotopic (exact) mass is 313 g/mol. The zero-order valence-electron chi connectivity index (χ0n) is 12.7. The average Bonchev–Trinajstić information content (AvgIpc) is 2.72. The second-order valence-corrected chi connectivity index (χ2v) is 7.67. The summed E-state index contributed by atoms with van der Waals surface area (Å²) in [6, 6.07) is 0. The van der Waals surface area contributed by atoms with Crippen molar-refractivity contribution in [2.24, 2.45) is 11.7 Å². The molecule has 8 heteroatoms. The number of aromatic nitrogens is 2. The van der Waals surface area contributed by atoms with E-state index in [4.69, 9.17) is 11.1 Å². The Balaban J connectivity index is 2.35. The first kappa shape index (κ1) is 16.0. The molecule has 1 aliphatic rings. The van der Waals surface area contributed by atoms with Gasteiger partial charge in [-0.15, -0.1) is 0 Å². The molecule has 0 atom stereocenters. The standard InChI is InChI=1S/C13H23N5O2S/c1-8-4-6-13(7-5-8,12(14)15)18-21(19,20)11-9(2)16-17-10(11)3/h8,18H,4-7H2,1-3H3,(H3,14,15)(H,16,17). The minimum Gasteiger partial charge on any atom is -0.386 e. The second-order valence-electron chi connectivity index (χ2n) is 6.05. The van der Waals surface area contributed by atoms with Crippen molar-refractivity contribution in [3.8, 4) is 0 Å². The number of rotatable bonds is 4. The van der Waals surface area contributed by atoms with E-state index in [1.54, 1.807) is 13.8 Å². The number of aromatic amines is 1. The van der Waals surface area contributed by atoms with Crippen LogP contribution in [0.4, 0.5) is 0 Å². The zero-order chi connectivity index (χ0) is 15.8. The van der Waals surface area contributed by atoms with Crippen molar-refractivity contribution in [2.75, 3.05) is 0 Å². The second kappa shape index (κ2) is 5.42. The summed E-state index contributed by atoms with van der Waals surface area (Å²) in [4.78, 5) is 0.154. The summed E-state index contributed by atoms with van der Waals surface area (Å²) in [6.45, 7) is 5.43. The third-order valence-corrected chi connectivity index (χ3v) is 6.10. The van der Waals surface area contributed by atoms with E-state index in [1.165, 1.54) is 0 Å². The number of hydrogen-bond acceptors (Lipinski definition) is 4. The maximum absolute atomic E-state index is 12.7. The molecule has 1 heterocycles. The number of amidine groups is 1. The number of hydrogen-bond donors (Lipinski definition) is 4. The molecule has 2 rings (SSSR count). The van der Waals surface area contributed by atoms with Gasteiger partial charge in [0.1, 0.15) is 10.7 Å². The lowest BCUT2D eigenvalue weighted by molar-refractivity contribution is 0.285. The van der Waals surface area contributed by atoms with Crippen molar-refractivity contribution in [1.82, 2.24) is 14.9 Å². The number of nitrogens with zero attached hydrogens (tertiary/aromatic N) is 1. The Labute approximate surface area is 125 Å². The summed E-state index contributed by atoms with van der Waals surface area (Å²) >= 11 is 0. The predicted octanol–water partition coefficient (Wildman–Crippen LogP) is 1.19. The van der Waals surface area contributed by atoms with E-state index in [2.05, 4.69) is 21.8 Å². The van der Waals surface area contributed by atoms with E-state index >= 15 is 0 Å². The van der Waals surface area contributed by atoms with Crippen LogP contribution in [0.15, 0.2) is 4.90 Å². The molecule has 1 saturated carbocycles. The Kier molecular flexibility index (Phi) is 4.12. The lowest BCUT2D eigenvalue weighted by atomic mass is 9.77. The predicted molar refractivity (Wildman–Crippen MR) is 80.7 cm³/mol. The Hall–Kier alpha value is -1.41. The van der Waals surface area contributed by atoms with Crippen LogP contribution < -0.4 is 10.5 Å². The van der Waals surface area contributed by atoms with E-state index in [0.29, 0.717) is 30.1 Å². The van der Waals surface area contributed by atoms with Gasteiger partial charge in [0, 0.05) is 0 Å². The van der Waals surface area contributed by atoms with Crippen LogP contribution in [0.5, 0.6) is 0 Å². The van der Waals surface area contributed by atoms with Crippen molar-refractivity contribution in [2.45, 2.75) is 56.9 Å². The number of nitrogens with two attached hydrogens (primary N) is 1. The van der Waals surface area contributed by atoms with Crippen LogP contribution in [-0.2, 0) is 10.0 Å². The van der Waals surface area contributed by atoms with Gasteiger partial charge in [-0.1, -0.05) is 6.92 Å². The van der Waals surface area contributed by atoms with Crippen LogP contribution in [-0.4, -0.2) is 30.0 Å². The molecule has 1 aliphatic carbocycles. The third-order valence-electron chi connectivity index (χ3n) is 4.30. The number of aryl methyl sites for hydroxylation is 2. The molecule has 21 heavy (non-hydrogen) atoms. The lowest BCUT2D eigenvalue weighted by Gasteiger charge is -2.38. The van der Waals surface area contributed by atoms with Crippen molar-refractivity contribution in [3.05, 3.63) is 11.4 Å². The molecule has 0 unspecified atom stereocenters. The molecule has 1 aromatic heterocycles. The molecule has 1 aromatic rings. The van der Waals surface area contributed by atoms with E-state index in [-0.39, 0.29) is 10.7 Å². The minimum atomic E-state index is -3.76. The summed E-state index contributed by atoms with van der Waals surface area (Å²) < 4.78 is 28.0. The van der Waals surface area contributed by atoms with Crippen LogP contribution >= 0.6 is 0 Å². The fourth-order valence-electron chi connectivity index (χ4n) is 2.93. The van der Waals surface area contributed by atoms with Gasteiger partial charge in [-0.25, -0.2) is 8.42 Å². The lowest BCUT2D eigenvalue weighted by Crippen LogP contribution is -2.58. The molecule has 5 N–H and O–H groups in total. The summed E-state index contributed by atoms with van der Waals surface area (Å²) in [5.41, 5.74) is 5.65. The van der Waals surface area contributed by atoms with Gasteiger partial charge in [0.25, 0.3) is 0 Å². The highest BCUT2D eigenvalue weighted by Crippen LogP contribution is 2.33. The average molecular weight is 313 g/mol. The topological polar surface area (TPSA) is 125 Å². The normalized spacial score (nSPS) is 26.7. The maximum Gasteiger partial charge on any atom is 0.245 e. The van der Waals surface area contributed by atoms with Crippen LogP contribution in [0.1, 0.15) is 44.0 Å². The van der Waals surface area contributed by atoms with Crippen molar-refractivity contribution >= 4 is 15.9 Å². The fraction of sp³-hybridized carbons (Fsp3) is 0.692. The van der Waals surface area contributed by atoms with Crippen LogP contribution in [0.2, 0.25) is 0 Å². The van der Waals surface area contributed by atoms with Gasteiger partial charge in [0.05, 0.1) is 16.9 Å². The summed E-state index contributed by atoms with van der Waals surface area (Å²) in [6.07, 6.45) is 2.81. The highest BCUT2D eigenvalue weighted by atomic mass is 32.2. The smallest absolute Gasteiger partial charge is 0.245 e. The minimum absolute atomic E-state index is 0.114. The molecule has 1 fully saturated rings. The molecular formula is C13H23N5O2S. The molecule has 0 saturated heterocycles. The van der Waals surface area contributed by atoms with Gasteiger partial charge in [-0.2, -0.15) is 9.82 Å². The molecule has 0 spiro atoms. The van der Waals surface area contributed by atoms with Gasteiger partial charge >= 0.3 is 0 Å². The molecule has 7 nitrogen and oxygen atoms in total. The Morgan fingerprint density at radius 2 is 2.00 bits per heavy atom. The van der Waals surface area contributed by atoms with Gasteiger partial charge in [-0.05, 0) is 45.4 Å². The summed E-state index contributed by atoms with van der Waals surface area (Å²) in [5.74, 6) is 0.413. The molecule has 0 aromatic carbocycles. The largest absolute Gasteiger partial charge is 0.386 e. The zero-order valence-corrected chi connectivity index (χ0v) is 13.5. The van der Waals surface area contributed by atoms with Crippen LogP contribution in [0, 0.1) is 25.2 Å². The Bertz CT molecular complexity index is 622. The molecule has 0 amide bonds. The summed E-state index contributed by atoms with van der Waals surface area (Å²) in [5, 5.41) is 14.4. The summed E-state index contributed by atoms with van der Waals surface area (Å²) in [7, 11) is -3.76.